The lowest BCUT2D eigenvalue weighted by molar-refractivity contribution is -0.144. The molecule has 2 aliphatic rings. The van der Waals surface area contributed by atoms with Gasteiger partial charge in [-0.05, 0) is 19.9 Å². The van der Waals surface area contributed by atoms with E-state index >= 15 is 0 Å². The van der Waals surface area contributed by atoms with Crippen LogP contribution in [0.2, 0.25) is 0 Å². The van der Waals surface area contributed by atoms with Crippen molar-refractivity contribution in [1.82, 2.24) is 0 Å². The average Bonchev–Trinajstić information content (AvgIpc) is 2.91. The Morgan fingerprint density at radius 3 is 2.47 bits per heavy atom. The first-order valence-corrected chi connectivity index (χ1v) is 9.42. The Labute approximate surface area is 174 Å². The molecule has 0 aromatic heterocycles. The van der Waals surface area contributed by atoms with Crippen LogP contribution in [-0.4, -0.2) is 51.8 Å². The number of fused-ring (bicyclic) bond motifs is 2. The maximum Gasteiger partial charge on any atom is 0.341 e. The smallest absolute Gasteiger partial charge is 0.341 e. The number of amides is 1. The van der Waals surface area contributed by atoms with Crippen LogP contribution < -0.4 is 10.6 Å². The summed E-state index contributed by atoms with van der Waals surface area (Å²) < 4.78 is 20.9. The molecule has 9 heteroatoms. The number of nitrogens with two attached hydrogens (primary N) is 1. The SMILES string of the molecule is CCOC(=O)C1=C(N)OC(C)=C(C(=O)OCCOC)[C@]12C(=O)N(C)c1ccccc12. The van der Waals surface area contributed by atoms with Gasteiger partial charge in [-0.2, -0.15) is 0 Å². The van der Waals surface area contributed by atoms with Crippen LogP contribution in [0.3, 0.4) is 0 Å². The summed E-state index contributed by atoms with van der Waals surface area (Å²) in [5.74, 6) is -2.41. The predicted molar refractivity (Wildman–Crippen MR) is 106 cm³/mol. The number of carbonyl (C=O) groups excluding carboxylic acids is 3. The molecule has 0 fully saturated rings. The lowest BCUT2D eigenvalue weighted by atomic mass is 9.67. The third-order valence-corrected chi connectivity index (χ3v) is 5.11. The Morgan fingerprint density at radius 1 is 1.13 bits per heavy atom. The summed E-state index contributed by atoms with van der Waals surface area (Å²) in [7, 11) is 3.03. The Balaban J connectivity index is 2.30. The minimum Gasteiger partial charge on any atom is -0.462 e. The van der Waals surface area contributed by atoms with Crippen molar-refractivity contribution >= 4 is 23.5 Å². The van der Waals surface area contributed by atoms with Crippen LogP contribution in [0.25, 0.3) is 0 Å². The Kier molecular flexibility index (Phi) is 5.84. The summed E-state index contributed by atoms with van der Waals surface area (Å²) in [5, 5.41) is 0. The molecule has 1 aromatic rings. The third kappa shape index (κ3) is 3.02. The lowest BCUT2D eigenvalue weighted by Gasteiger charge is -2.36. The Morgan fingerprint density at radius 2 is 1.80 bits per heavy atom. The van der Waals surface area contributed by atoms with Gasteiger partial charge in [0.25, 0.3) is 0 Å². The molecule has 0 unspecified atom stereocenters. The van der Waals surface area contributed by atoms with Crippen molar-refractivity contribution in [3.8, 4) is 0 Å². The van der Waals surface area contributed by atoms with E-state index in [0.29, 0.717) is 11.3 Å². The molecule has 2 heterocycles. The zero-order chi connectivity index (χ0) is 22.1. The molecule has 2 aliphatic heterocycles. The molecule has 0 saturated carbocycles. The summed E-state index contributed by atoms with van der Waals surface area (Å²) in [4.78, 5) is 41.2. The van der Waals surface area contributed by atoms with Gasteiger partial charge in [0.15, 0.2) is 0 Å². The molecule has 1 spiro atoms. The minimum absolute atomic E-state index is 0.0399. The van der Waals surface area contributed by atoms with Gasteiger partial charge in [-0.3, -0.25) is 4.79 Å². The van der Waals surface area contributed by atoms with Crippen molar-refractivity contribution in [2.45, 2.75) is 19.3 Å². The number of benzene rings is 1. The van der Waals surface area contributed by atoms with Crippen molar-refractivity contribution in [2.75, 3.05) is 38.9 Å². The van der Waals surface area contributed by atoms with Crippen LogP contribution in [0.4, 0.5) is 5.69 Å². The van der Waals surface area contributed by atoms with Gasteiger partial charge in [-0.25, -0.2) is 9.59 Å². The molecular formula is C21H24N2O7. The monoisotopic (exact) mass is 416 g/mol. The van der Waals surface area contributed by atoms with Crippen molar-refractivity contribution in [2.24, 2.45) is 5.73 Å². The number of allylic oxidation sites excluding steroid dienone is 1. The number of rotatable bonds is 6. The normalized spacial score (nSPS) is 20.4. The highest BCUT2D eigenvalue weighted by Crippen LogP contribution is 2.54. The summed E-state index contributed by atoms with van der Waals surface area (Å²) >= 11 is 0. The number of hydrogen-bond acceptors (Lipinski definition) is 8. The quantitative estimate of drug-likeness (QED) is 0.542. The molecular weight excluding hydrogens is 392 g/mol. The van der Waals surface area contributed by atoms with E-state index in [1.165, 1.54) is 18.9 Å². The summed E-state index contributed by atoms with van der Waals surface area (Å²) in [6, 6.07) is 6.86. The van der Waals surface area contributed by atoms with Crippen molar-refractivity contribution in [3.63, 3.8) is 0 Å². The molecule has 9 nitrogen and oxygen atoms in total. The van der Waals surface area contributed by atoms with Crippen molar-refractivity contribution < 1.29 is 33.3 Å². The fourth-order valence-electron chi connectivity index (χ4n) is 3.93. The number of anilines is 1. The fourth-order valence-corrected chi connectivity index (χ4v) is 3.93. The van der Waals surface area contributed by atoms with Gasteiger partial charge in [0, 0.05) is 25.4 Å². The first kappa shape index (κ1) is 21.4. The number of hydrogen-bond donors (Lipinski definition) is 1. The Hall–Kier alpha value is -3.33. The lowest BCUT2D eigenvalue weighted by Crippen LogP contribution is -2.50. The van der Waals surface area contributed by atoms with Crippen LogP contribution in [0, 0.1) is 0 Å². The van der Waals surface area contributed by atoms with E-state index in [0.717, 1.165) is 0 Å². The van der Waals surface area contributed by atoms with E-state index in [-0.39, 0.29) is 42.6 Å². The van der Waals surface area contributed by atoms with E-state index in [2.05, 4.69) is 0 Å². The second-order valence-corrected chi connectivity index (χ2v) is 6.75. The Bertz CT molecular complexity index is 966. The highest BCUT2D eigenvalue weighted by atomic mass is 16.6. The first-order valence-electron chi connectivity index (χ1n) is 9.42. The topological polar surface area (TPSA) is 117 Å². The molecule has 30 heavy (non-hydrogen) atoms. The second kappa shape index (κ2) is 8.19. The van der Waals surface area contributed by atoms with Crippen LogP contribution in [0.15, 0.2) is 47.1 Å². The van der Waals surface area contributed by atoms with Gasteiger partial charge in [-0.1, -0.05) is 18.2 Å². The molecule has 1 amide bonds. The largest absolute Gasteiger partial charge is 0.462 e. The van der Waals surface area contributed by atoms with E-state index in [1.54, 1.807) is 38.2 Å². The maximum absolute atomic E-state index is 13.7. The maximum atomic E-state index is 13.7. The number of ether oxygens (including phenoxy) is 4. The number of nitrogens with zero attached hydrogens (tertiary/aromatic N) is 1. The van der Waals surface area contributed by atoms with Gasteiger partial charge in [0.1, 0.15) is 28.9 Å². The molecule has 2 N–H and O–H groups in total. The predicted octanol–water partition coefficient (Wildman–Crippen LogP) is 1.13. The van der Waals surface area contributed by atoms with Gasteiger partial charge < -0.3 is 29.6 Å². The minimum atomic E-state index is -1.84. The van der Waals surface area contributed by atoms with Crippen molar-refractivity contribution in [1.29, 1.82) is 0 Å². The molecule has 1 aromatic carbocycles. The standard InChI is InChI=1S/C21H24N2O7/c1-5-28-19(25)16-17(22)30-12(2)15(18(24)29-11-10-27-4)21(16)13-8-6-7-9-14(13)23(3)20(21)26/h6-9H,5,10-11,22H2,1-4H3/t21-/m0/s1. The van der Waals surface area contributed by atoms with E-state index < -0.39 is 23.3 Å². The third-order valence-electron chi connectivity index (χ3n) is 5.11. The number of likely N-dealkylation sites (N-methyl/N-ethyl adjacent to an activating group) is 1. The highest BCUT2D eigenvalue weighted by Gasteiger charge is 2.63. The molecule has 1 atom stereocenters. The summed E-state index contributed by atoms with van der Waals surface area (Å²) in [6.07, 6.45) is 0. The van der Waals surface area contributed by atoms with E-state index in [9.17, 15) is 14.4 Å². The van der Waals surface area contributed by atoms with Gasteiger partial charge >= 0.3 is 11.9 Å². The van der Waals surface area contributed by atoms with Crippen molar-refractivity contribution in [3.05, 3.63) is 52.6 Å². The highest BCUT2D eigenvalue weighted by molar-refractivity contribution is 6.22. The zero-order valence-electron chi connectivity index (χ0n) is 17.3. The number of para-hydroxylation sites is 1. The van der Waals surface area contributed by atoms with Crippen LogP contribution in [-0.2, 0) is 38.7 Å². The number of methoxy groups -OCH3 is 1. The van der Waals surface area contributed by atoms with Gasteiger partial charge in [0.2, 0.25) is 11.8 Å². The number of esters is 2. The molecule has 0 radical (unpaired) electrons. The van der Waals surface area contributed by atoms with Crippen LogP contribution >= 0.6 is 0 Å². The van der Waals surface area contributed by atoms with Crippen LogP contribution in [0.5, 0.6) is 0 Å². The zero-order valence-corrected chi connectivity index (χ0v) is 17.3. The second-order valence-electron chi connectivity index (χ2n) is 6.75. The molecule has 0 aliphatic carbocycles. The van der Waals surface area contributed by atoms with Gasteiger partial charge in [0.05, 0.1) is 13.2 Å². The molecule has 3 rings (SSSR count). The average molecular weight is 416 g/mol. The number of carbonyl (C=O) groups is 3. The molecule has 0 saturated heterocycles. The molecule has 0 bridgehead atoms. The summed E-state index contributed by atoms with van der Waals surface area (Å²) in [6.45, 7) is 3.30. The fraction of sp³-hybridized carbons (Fsp3) is 0.381. The summed E-state index contributed by atoms with van der Waals surface area (Å²) in [5.41, 5.74) is 4.85. The van der Waals surface area contributed by atoms with E-state index in [1.807, 2.05) is 0 Å². The van der Waals surface area contributed by atoms with E-state index in [4.69, 9.17) is 24.7 Å². The van der Waals surface area contributed by atoms with Gasteiger partial charge in [-0.15, -0.1) is 0 Å². The first-order chi connectivity index (χ1) is 14.3. The molecule has 160 valence electrons. The van der Waals surface area contributed by atoms with Crippen LogP contribution in [0.1, 0.15) is 19.4 Å².